The first-order valence-electron chi connectivity index (χ1n) is 11.8. The van der Waals surface area contributed by atoms with Crippen LogP contribution in [0.5, 0.6) is 5.75 Å². The second kappa shape index (κ2) is 10.6. The van der Waals surface area contributed by atoms with Gasteiger partial charge in [0.2, 0.25) is 10.0 Å². The molecule has 2 heterocycles. The monoisotopic (exact) mass is 517 g/mol. The normalized spacial score (nSPS) is 15.7. The Bertz CT molecular complexity index is 1400. The van der Waals surface area contributed by atoms with Crippen molar-refractivity contribution in [3.63, 3.8) is 0 Å². The van der Waals surface area contributed by atoms with E-state index in [1.165, 1.54) is 6.07 Å². The largest absolute Gasteiger partial charge is 0.506 e. The summed E-state index contributed by atoms with van der Waals surface area (Å²) in [6.07, 6.45) is 3.02. The number of rotatable bonds is 9. The van der Waals surface area contributed by atoms with E-state index >= 15 is 0 Å². The van der Waals surface area contributed by atoms with Gasteiger partial charge in [0.25, 0.3) is 0 Å². The standard InChI is InChI=1S/C24H31N5O6S/c1-16(18-5-8-22(30)21(13-18)27-36(2,33)34)14-25-19-9-11-28(12-10-19)20-6-3-17(4-7-20)15-29-23(31)26-24(32)35-29/h3-8,13,16,19,25,27,30H,9-12,14-15H2,1-2H3,(H,26,31,32)/t16-/m0/s1. The second-order valence-electron chi connectivity index (χ2n) is 9.23. The van der Waals surface area contributed by atoms with Crippen molar-refractivity contribution in [3.8, 4) is 5.75 Å². The van der Waals surface area contributed by atoms with E-state index in [4.69, 9.17) is 4.52 Å². The van der Waals surface area contributed by atoms with Gasteiger partial charge in [0, 0.05) is 31.4 Å². The Morgan fingerprint density at radius 1 is 1.14 bits per heavy atom. The van der Waals surface area contributed by atoms with Crippen LogP contribution in [0.1, 0.15) is 36.8 Å². The molecule has 36 heavy (non-hydrogen) atoms. The highest BCUT2D eigenvalue weighted by Crippen LogP contribution is 2.28. The van der Waals surface area contributed by atoms with E-state index in [0.717, 1.165) is 60.3 Å². The van der Waals surface area contributed by atoms with Crippen molar-refractivity contribution in [2.24, 2.45) is 0 Å². The summed E-state index contributed by atoms with van der Waals surface area (Å²) >= 11 is 0. The summed E-state index contributed by atoms with van der Waals surface area (Å²) in [5.74, 6) is -0.734. The molecule has 0 bridgehead atoms. The van der Waals surface area contributed by atoms with Crippen molar-refractivity contribution in [2.45, 2.75) is 38.3 Å². The van der Waals surface area contributed by atoms with Crippen molar-refractivity contribution >= 4 is 21.4 Å². The van der Waals surface area contributed by atoms with E-state index in [2.05, 4.69) is 26.8 Å². The fourth-order valence-corrected chi connectivity index (χ4v) is 4.90. The van der Waals surface area contributed by atoms with Gasteiger partial charge >= 0.3 is 11.4 Å². The average Bonchev–Trinajstić information content (AvgIpc) is 3.15. The summed E-state index contributed by atoms with van der Waals surface area (Å²) in [4.78, 5) is 27.1. The summed E-state index contributed by atoms with van der Waals surface area (Å²) in [7, 11) is -3.48. The summed E-state index contributed by atoms with van der Waals surface area (Å²) in [6.45, 7) is 4.79. The van der Waals surface area contributed by atoms with Crippen molar-refractivity contribution in [3.05, 3.63) is 74.6 Å². The number of aromatic amines is 1. The lowest BCUT2D eigenvalue weighted by molar-refractivity contribution is 0.258. The number of aromatic hydroxyl groups is 1. The van der Waals surface area contributed by atoms with Crippen LogP contribution >= 0.6 is 0 Å². The third-order valence-electron chi connectivity index (χ3n) is 6.35. The maximum absolute atomic E-state index is 11.6. The van der Waals surface area contributed by atoms with E-state index in [9.17, 15) is 23.1 Å². The lowest BCUT2D eigenvalue weighted by Crippen LogP contribution is -2.43. The molecule has 12 heteroatoms. The zero-order valence-corrected chi connectivity index (χ0v) is 21.0. The number of nitrogens with one attached hydrogen (secondary N) is 3. The maximum Gasteiger partial charge on any atom is 0.440 e. The Kier molecular flexibility index (Phi) is 7.55. The van der Waals surface area contributed by atoms with Crippen molar-refractivity contribution in [1.82, 2.24) is 15.0 Å². The zero-order valence-electron chi connectivity index (χ0n) is 20.2. The van der Waals surface area contributed by atoms with Crippen LogP contribution in [-0.4, -0.2) is 55.2 Å². The minimum absolute atomic E-state index is 0.102. The number of phenolic OH excluding ortho intramolecular Hbond substituents is 1. The summed E-state index contributed by atoms with van der Waals surface area (Å²) < 4.78 is 31.2. The molecule has 1 aliphatic heterocycles. The molecule has 0 radical (unpaired) electrons. The molecule has 0 spiro atoms. The van der Waals surface area contributed by atoms with Crippen LogP contribution < -0.4 is 26.4 Å². The van der Waals surface area contributed by atoms with Crippen molar-refractivity contribution in [1.29, 1.82) is 0 Å². The molecule has 0 unspecified atom stereocenters. The first kappa shape index (κ1) is 25.6. The molecule has 4 N–H and O–H groups in total. The number of piperidine rings is 1. The molecule has 1 aliphatic rings. The Morgan fingerprint density at radius 3 is 2.44 bits per heavy atom. The minimum Gasteiger partial charge on any atom is -0.506 e. The summed E-state index contributed by atoms with van der Waals surface area (Å²) in [5.41, 5.74) is 2.52. The van der Waals surface area contributed by atoms with Gasteiger partial charge in [0.15, 0.2) is 0 Å². The lowest BCUT2D eigenvalue weighted by atomic mass is 9.98. The van der Waals surface area contributed by atoms with Gasteiger partial charge in [-0.3, -0.25) is 4.72 Å². The van der Waals surface area contributed by atoms with Gasteiger partial charge in [-0.2, -0.15) is 0 Å². The number of anilines is 2. The van der Waals surface area contributed by atoms with Gasteiger partial charge in [0.05, 0.1) is 18.5 Å². The highest BCUT2D eigenvalue weighted by Gasteiger charge is 2.20. The maximum atomic E-state index is 11.6. The fraction of sp³-hybridized carbons (Fsp3) is 0.417. The van der Waals surface area contributed by atoms with Crippen LogP contribution in [0.2, 0.25) is 0 Å². The van der Waals surface area contributed by atoms with Crippen molar-refractivity contribution < 1.29 is 18.0 Å². The Morgan fingerprint density at radius 2 is 1.83 bits per heavy atom. The molecule has 0 saturated carbocycles. The topological polar surface area (TPSA) is 150 Å². The van der Waals surface area contributed by atoms with Crippen molar-refractivity contribution in [2.75, 3.05) is 35.5 Å². The van der Waals surface area contributed by atoms with Gasteiger partial charge in [-0.15, -0.1) is 4.74 Å². The SMILES string of the molecule is C[C@@H](CNC1CCN(c2ccc(Cn3oc(=O)[nH]c3=O)cc2)CC1)c1ccc(O)c(NS(C)(=O)=O)c1. The van der Waals surface area contributed by atoms with Crippen LogP contribution in [0.15, 0.2) is 56.6 Å². The third-order valence-corrected chi connectivity index (χ3v) is 6.94. The Labute approximate surface area is 208 Å². The molecule has 11 nitrogen and oxygen atoms in total. The summed E-state index contributed by atoms with van der Waals surface area (Å²) in [5, 5.41) is 13.6. The van der Waals surface area contributed by atoms with Gasteiger partial charge in [0.1, 0.15) is 5.75 Å². The molecule has 1 saturated heterocycles. The molecule has 3 aromatic rings. The van der Waals surface area contributed by atoms with E-state index in [-0.39, 0.29) is 23.9 Å². The van der Waals surface area contributed by atoms with Crippen LogP contribution in [0.3, 0.4) is 0 Å². The minimum atomic E-state index is -3.48. The Hall–Kier alpha value is -3.51. The molecular weight excluding hydrogens is 486 g/mol. The predicted molar refractivity (Wildman–Crippen MR) is 137 cm³/mol. The number of nitrogens with zero attached hydrogens (tertiary/aromatic N) is 2. The van der Waals surface area contributed by atoms with Gasteiger partial charge in [-0.05, 0) is 54.2 Å². The first-order valence-corrected chi connectivity index (χ1v) is 13.6. The lowest BCUT2D eigenvalue weighted by Gasteiger charge is -2.34. The number of hydrogen-bond acceptors (Lipinski definition) is 8. The highest BCUT2D eigenvalue weighted by atomic mass is 32.2. The number of hydrogen-bond donors (Lipinski definition) is 4. The average molecular weight is 518 g/mol. The predicted octanol–water partition coefficient (Wildman–Crippen LogP) is 1.62. The number of phenols is 1. The molecule has 0 amide bonds. The smallest absolute Gasteiger partial charge is 0.440 e. The quantitative estimate of drug-likeness (QED) is 0.313. The fourth-order valence-electron chi connectivity index (χ4n) is 4.34. The van der Waals surface area contributed by atoms with Gasteiger partial charge < -0.3 is 19.8 Å². The molecule has 194 valence electrons. The van der Waals surface area contributed by atoms with Crippen LogP contribution in [-0.2, 0) is 16.6 Å². The zero-order chi connectivity index (χ0) is 25.9. The second-order valence-corrected chi connectivity index (χ2v) is 11.0. The van der Waals surface area contributed by atoms with E-state index < -0.39 is 21.5 Å². The molecule has 0 aliphatic carbocycles. The molecule has 2 aromatic carbocycles. The Balaban J connectivity index is 1.27. The summed E-state index contributed by atoms with van der Waals surface area (Å²) in [6, 6.07) is 13.2. The van der Waals surface area contributed by atoms with Crippen LogP contribution in [0.4, 0.5) is 11.4 Å². The van der Waals surface area contributed by atoms with E-state index in [0.29, 0.717) is 6.04 Å². The van der Waals surface area contributed by atoms with E-state index in [1.54, 1.807) is 6.07 Å². The molecule has 1 atom stereocenters. The number of aromatic nitrogens is 2. The third kappa shape index (κ3) is 6.58. The van der Waals surface area contributed by atoms with Crippen LogP contribution in [0, 0.1) is 0 Å². The molecular formula is C24H31N5O6S. The van der Waals surface area contributed by atoms with Crippen LogP contribution in [0.25, 0.3) is 0 Å². The first-order chi connectivity index (χ1) is 17.1. The molecule has 4 rings (SSSR count). The van der Waals surface area contributed by atoms with Gasteiger partial charge in [-0.25, -0.2) is 23.0 Å². The number of H-pyrrole nitrogens is 1. The van der Waals surface area contributed by atoms with Gasteiger partial charge in [-0.1, -0.05) is 25.1 Å². The highest BCUT2D eigenvalue weighted by molar-refractivity contribution is 7.92. The molecule has 1 aromatic heterocycles. The number of sulfonamides is 1. The van der Waals surface area contributed by atoms with E-state index in [1.807, 2.05) is 30.3 Å². The molecule has 1 fully saturated rings. The number of benzene rings is 2.